The Kier molecular flexibility index (Phi) is 1.87. The van der Waals surface area contributed by atoms with Gasteiger partial charge in [-0.1, -0.05) is 60.5 Å². The Morgan fingerprint density at radius 2 is 1.50 bits per heavy atom. The summed E-state index contributed by atoms with van der Waals surface area (Å²) in [6.07, 6.45) is 0. The lowest BCUT2D eigenvalue weighted by Gasteiger charge is -2.06. The van der Waals surface area contributed by atoms with Crippen molar-refractivity contribution in [1.29, 1.82) is 0 Å². The topological polar surface area (TPSA) is 13.1 Å². The summed E-state index contributed by atoms with van der Waals surface area (Å²) in [7, 11) is 0. The number of rotatable bonds is 2. The molecule has 1 heterocycles. The van der Waals surface area contributed by atoms with Gasteiger partial charge in [0.05, 0.1) is 17.7 Å². The highest BCUT2D eigenvalue weighted by Crippen LogP contribution is 2.34. The molecule has 0 aliphatic rings. The molecular formula is C24H15FO. The first-order valence-corrected chi connectivity index (χ1v) is 7.83. The molecule has 0 aliphatic carbocycles. The standard InChI is InChI=1S/C24H15FO/c25-21-10-5-11-23-24(21)20-15-19(12-13-22(20)26-23)18-9-4-8-17(14-18)16-6-2-1-3-7-16/h1-15H/i1D,2D,3D,4D,6D,7D,8D,9D,14D. The van der Waals surface area contributed by atoms with Crippen molar-refractivity contribution in [2.24, 2.45) is 0 Å². The Hall–Kier alpha value is -3.39. The van der Waals surface area contributed by atoms with E-state index in [1.807, 2.05) is 0 Å². The largest absolute Gasteiger partial charge is 0.456 e. The van der Waals surface area contributed by atoms with E-state index in [0.717, 1.165) is 0 Å². The second-order valence-corrected chi connectivity index (χ2v) is 5.68. The monoisotopic (exact) mass is 347 g/mol. The van der Waals surface area contributed by atoms with Crippen molar-refractivity contribution in [2.75, 3.05) is 0 Å². The van der Waals surface area contributed by atoms with E-state index in [-0.39, 0.29) is 27.6 Å². The number of benzene rings is 4. The predicted molar refractivity (Wildman–Crippen MR) is 105 cm³/mol. The highest BCUT2D eigenvalue weighted by molar-refractivity contribution is 6.06. The van der Waals surface area contributed by atoms with Crippen LogP contribution < -0.4 is 0 Å². The molecule has 0 atom stereocenters. The zero-order valence-corrected chi connectivity index (χ0v) is 13.3. The quantitative estimate of drug-likeness (QED) is 0.333. The minimum absolute atomic E-state index is 0.0830. The van der Waals surface area contributed by atoms with Gasteiger partial charge in [-0.15, -0.1) is 0 Å². The second kappa shape index (κ2) is 5.85. The molecule has 0 bridgehead atoms. The van der Waals surface area contributed by atoms with Gasteiger partial charge in [0, 0.05) is 5.39 Å². The van der Waals surface area contributed by atoms with Gasteiger partial charge < -0.3 is 4.42 Å². The van der Waals surface area contributed by atoms with Gasteiger partial charge in [-0.25, -0.2) is 4.39 Å². The molecule has 5 aromatic rings. The van der Waals surface area contributed by atoms with E-state index in [2.05, 4.69) is 0 Å². The van der Waals surface area contributed by atoms with Gasteiger partial charge in [0.1, 0.15) is 17.0 Å². The normalized spacial score (nSPS) is 16.1. The molecule has 0 amide bonds. The van der Waals surface area contributed by atoms with E-state index in [1.165, 1.54) is 24.3 Å². The molecule has 0 spiro atoms. The summed E-state index contributed by atoms with van der Waals surface area (Å²) in [4.78, 5) is 0. The number of halogens is 1. The lowest BCUT2D eigenvalue weighted by atomic mass is 9.98. The van der Waals surface area contributed by atoms with Crippen molar-refractivity contribution in [1.82, 2.24) is 0 Å². The third-order valence-corrected chi connectivity index (χ3v) is 4.11. The lowest BCUT2D eigenvalue weighted by molar-refractivity contribution is 0.634. The summed E-state index contributed by atoms with van der Waals surface area (Å²) < 4.78 is 94.4. The molecule has 0 fully saturated rings. The minimum Gasteiger partial charge on any atom is -0.456 e. The molecule has 0 radical (unpaired) electrons. The molecule has 26 heavy (non-hydrogen) atoms. The summed E-state index contributed by atoms with van der Waals surface area (Å²) in [5.74, 6) is -0.516. The Labute approximate surface area is 163 Å². The van der Waals surface area contributed by atoms with Crippen LogP contribution in [-0.4, -0.2) is 0 Å². The van der Waals surface area contributed by atoms with Crippen LogP contribution >= 0.6 is 0 Å². The molecule has 4 aromatic carbocycles. The van der Waals surface area contributed by atoms with Crippen molar-refractivity contribution >= 4 is 21.9 Å². The fourth-order valence-electron chi connectivity index (χ4n) is 2.93. The van der Waals surface area contributed by atoms with Gasteiger partial charge in [-0.3, -0.25) is 0 Å². The zero-order valence-electron chi connectivity index (χ0n) is 22.3. The van der Waals surface area contributed by atoms with Crippen molar-refractivity contribution in [3.05, 3.63) is 96.6 Å². The molecule has 0 saturated heterocycles. The van der Waals surface area contributed by atoms with Crippen molar-refractivity contribution in [3.63, 3.8) is 0 Å². The van der Waals surface area contributed by atoms with E-state index < -0.39 is 60.2 Å². The van der Waals surface area contributed by atoms with Gasteiger partial charge >= 0.3 is 0 Å². The summed E-state index contributed by atoms with van der Waals surface area (Å²) in [5, 5.41) is 0.608. The Morgan fingerprint density at radius 1 is 0.731 bits per heavy atom. The van der Waals surface area contributed by atoms with Gasteiger partial charge in [0.2, 0.25) is 0 Å². The predicted octanol–water partition coefficient (Wildman–Crippen LogP) is 7.06. The van der Waals surface area contributed by atoms with E-state index >= 15 is 0 Å². The number of hydrogen-bond acceptors (Lipinski definition) is 1. The Balaban J connectivity index is 1.87. The number of hydrogen-bond donors (Lipinski definition) is 0. The van der Waals surface area contributed by atoms with E-state index in [0.29, 0.717) is 16.6 Å². The fourth-order valence-corrected chi connectivity index (χ4v) is 2.93. The maximum atomic E-state index is 14.6. The van der Waals surface area contributed by atoms with Gasteiger partial charge in [0.15, 0.2) is 0 Å². The van der Waals surface area contributed by atoms with Gasteiger partial charge in [-0.2, -0.15) is 0 Å². The molecule has 2 heteroatoms. The summed E-state index contributed by atoms with van der Waals surface area (Å²) in [6, 6.07) is 3.84. The van der Waals surface area contributed by atoms with Crippen LogP contribution in [0.1, 0.15) is 12.3 Å². The highest BCUT2D eigenvalue weighted by Gasteiger charge is 2.12. The smallest absolute Gasteiger partial charge is 0.138 e. The maximum absolute atomic E-state index is 14.6. The van der Waals surface area contributed by atoms with Crippen LogP contribution in [0, 0.1) is 5.82 Å². The van der Waals surface area contributed by atoms with E-state index in [4.69, 9.17) is 16.8 Å². The molecule has 1 aromatic heterocycles. The zero-order chi connectivity index (χ0) is 25.3. The van der Waals surface area contributed by atoms with Crippen LogP contribution in [0.15, 0.2) is 95.2 Å². The van der Waals surface area contributed by atoms with Crippen LogP contribution in [0.4, 0.5) is 4.39 Å². The first-order chi connectivity index (χ1) is 16.5. The van der Waals surface area contributed by atoms with E-state index in [1.54, 1.807) is 12.1 Å². The third kappa shape index (κ3) is 2.39. The van der Waals surface area contributed by atoms with Gasteiger partial charge in [0.25, 0.3) is 0 Å². The SMILES string of the molecule is [2H]c1c([2H])c([2H])c(-c2c([2H])c([2H])c([2H])c(-c3ccc4oc5cccc(F)c5c4c3)c2[2H])c([2H])c1[2H]. The number of furan rings is 1. The Bertz CT molecular complexity index is 1680. The minimum atomic E-state index is -0.635. The van der Waals surface area contributed by atoms with Crippen molar-refractivity contribution < 1.29 is 21.1 Å². The van der Waals surface area contributed by atoms with Gasteiger partial charge in [-0.05, 0) is 52.6 Å². The maximum Gasteiger partial charge on any atom is 0.138 e. The highest BCUT2D eigenvalue weighted by atomic mass is 19.1. The summed E-state index contributed by atoms with van der Waals surface area (Å²) in [6.45, 7) is 0. The van der Waals surface area contributed by atoms with Crippen molar-refractivity contribution in [3.8, 4) is 22.3 Å². The van der Waals surface area contributed by atoms with Crippen LogP contribution in [0.5, 0.6) is 0 Å². The molecule has 0 unspecified atom stereocenters. The van der Waals surface area contributed by atoms with Crippen LogP contribution in [0.2, 0.25) is 0 Å². The van der Waals surface area contributed by atoms with Crippen molar-refractivity contribution in [2.45, 2.75) is 0 Å². The number of fused-ring (bicyclic) bond motifs is 3. The second-order valence-electron chi connectivity index (χ2n) is 5.68. The first-order valence-electron chi connectivity index (χ1n) is 12.3. The summed E-state index contributed by atoms with van der Waals surface area (Å²) in [5.41, 5.74) is 0.141. The summed E-state index contributed by atoms with van der Waals surface area (Å²) >= 11 is 0. The molecule has 0 N–H and O–H groups in total. The molecule has 0 aliphatic heterocycles. The molecule has 1 nitrogen and oxygen atoms in total. The average Bonchev–Trinajstić information content (AvgIpc) is 3.21. The average molecular weight is 347 g/mol. The third-order valence-electron chi connectivity index (χ3n) is 4.11. The molecule has 0 saturated carbocycles. The van der Waals surface area contributed by atoms with Crippen LogP contribution in [0.25, 0.3) is 44.2 Å². The molecule has 124 valence electrons. The fraction of sp³-hybridized carbons (Fsp3) is 0. The molecule has 5 rings (SSSR count). The lowest BCUT2D eigenvalue weighted by Crippen LogP contribution is -1.82. The first kappa shape index (κ1) is 8.33. The molecular weight excluding hydrogens is 323 g/mol. The van der Waals surface area contributed by atoms with E-state index in [9.17, 15) is 4.39 Å². The van der Waals surface area contributed by atoms with Crippen LogP contribution in [0.3, 0.4) is 0 Å². The Morgan fingerprint density at radius 3 is 2.35 bits per heavy atom. The van der Waals surface area contributed by atoms with Crippen LogP contribution in [-0.2, 0) is 0 Å².